The summed E-state index contributed by atoms with van der Waals surface area (Å²) in [5.41, 5.74) is 1.94. The number of methoxy groups -OCH3 is 1. The van der Waals surface area contributed by atoms with Crippen LogP contribution in [-0.4, -0.2) is 54.2 Å². The van der Waals surface area contributed by atoms with Crippen molar-refractivity contribution in [2.75, 3.05) is 25.2 Å². The van der Waals surface area contributed by atoms with Gasteiger partial charge >= 0.3 is 11.9 Å². The number of benzene rings is 2. The van der Waals surface area contributed by atoms with Crippen molar-refractivity contribution in [1.82, 2.24) is 4.98 Å². The van der Waals surface area contributed by atoms with E-state index in [1.807, 2.05) is 13.8 Å². The van der Waals surface area contributed by atoms with Crippen molar-refractivity contribution in [3.05, 3.63) is 81.9 Å². The molecule has 11 heteroatoms. The van der Waals surface area contributed by atoms with E-state index in [9.17, 15) is 19.5 Å². The maximum atomic E-state index is 13.6. The van der Waals surface area contributed by atoms with Crippen LogP contribution in [0.15, 0.2) is 54.6 Å². The van der Waals surface area contributed by atoms with E-state index in [1.54, 1.807) is 43.3 Å². The Bertz CT molecular complexity index is 1620. The number of nitrogens with zero attached hydrogens (tertiary/aromatic N) is 2. The second-order valence-corrected chi connectivity index (χ2v) is 10.7. The van der Waals surface area contributed by atoms with Crippen LogP contribution in [0.4, 0.5) is 5.13 Å². The summed E-state index contributed by atoms with van der Waals surface area (Å²) >= 11 is 0.923. The highest BCUT2D eigenvalue weighted by molar-refractivity contribution is 7.17. The van der Waals surface area contributed by atoms with Crippen LogP contribution in [0.25, 0.3) is 5.76 Å². The molecule has 1 saturated heterocycles. The topological polar surface area (TPSA) is 124 Å². The average Bonchev–Trinajstić information content (AvgIpc) is 3.63. The SMILES string of the molecule is C=CCOC(=O)c1sc(N2C(=O)C(=O)C(=C(O)c3ccc4c(c3)CC(C)O4)C2c2ccc(OCC)c(OC)c2)nc1C. The molecule has 218 valence electrons. The van der Waals surface area contributed by atoms with Gasteiger partial charge in [-0.15, -0.1) is 0 Å². The minimum atomic E-state index is -1.08. The Labute approximate surface area is 246 Å². The summed E-state index contributed by atoms with van der Waals surface area (Å²) in [4.78, 5) is 45.8. The summed E-state index contributed by atoms with van der Waals surface area (Å²) in [7, 11) is 1.48. The molecule has 42 heavy (non-hydrogen) atoms. The number of aryl methyl sites for hydroxylation is 1. The summed E-state index contributed by atoms with van der Waals surface area (Å²) in [5, 5.41) is 11.7. The molecule has 2 unspecified atom stereocenters. The van der Waals surface area contributed by atoms with E-state index in [-0.39, 0.29) is 34.1 Å². The lowest BCUT2D eigenvalue weighted by Gasteiger charge is -2.24. The fraction of sp³-hybridized carbons (Fsp3) is 0.290. The minimum Gasteiger partial charge on any atom is -0.507 e. The fourth-order valence-electron chi connectivity index (χ4n) is 5.07. The lowest BCUT2D eigenvalue weighted by molar-refractivity contribution is -0.132. The summed E-state index contributed by atoms with van der Waals surface area (Å²) in [6.45, 7) is 9.36. The number of anilines is 1. The number of hydrogen-bond donors (Lipinski definition) is 1. The highest BCUT2D eigenvalue weighted by Crippen LogP contribution is 2.46. The number of carbonyl (C=O) groups excluding carboxylic acids is 3. The number of aliphatic hydroxyl groups is 1. The van der Waals surface area contributed by atoms with Gasteiger partial charge in [-0.25, -0.2) is 9.78 Å². The number of thiazole rings is 1. The number of esters is 1. The molecule has 0 bridgehead atoms. The van der Waals surface area contributed by atoms with Crippen molar-refractivity contribution >= 4 is 39.9 Å². The first-order chi connectivity index (χ1) is 20.2. The van der Waals surface area contributed by atoms with Gasteiger partial charge in [0, 0.05) is 12.0 Å². The quantitative estimate of drug-likeness (QED) is 0.118. The van der Waals surface area contributed by atoms with Gasteiger partial charge in [0.15, 0.2) is 16.6 Å². The zero-order chi connectivity index (χ0) is 30.1. The second kappa shape index (κ2) is 11.7. The van der Waals surface area contributed by atoms with Crippen molar-refractivity contribution in [2.24, 2.45) is 0 Å². The van der Waals surface area contributed by atoms with Crippen LogP contribution in [0.5, 0.6) is 17.2 Å². The molecule has 0 spiro atoms. The van der Waals surface area contributed by atoms with E-state index < -0.39 is 23.7 Å². The molecule has 1 aromatic heterocycles. The molecule has 0 radical (unpaired) electrons. The van der Waals surface area contributed by atoms with Crippen molar-refractivity contribution in [3.8, 4) is 17.2 Å². The molecule has 1 fully saturated rings. The number of aromatic nitrogens is 1. The average molecular weight is 591 g/mol. The smallest absolute Gasteiger partial charge is 0.350 e. The molecule has 10 nitrogen and oxygen atoms in total. The van der Waals surface area contributed by atoms with Gasteiger partial charge in [-0.1, -0.05) is 30.1 Å². The predicted molar refractivity (Wildman–Crippen MR) is 157 cm³/mol. The van der Waals surface area contributed by atoms with Crippen LogP contribution in [0.3, 0.4) is 0 Å². The number of Topliss-reactive ketones (excluding diaryl/α,β-unsaturated/α-hetero) is 1. The minimum absolute atomic E-state index is 0.00654. The number of fused-ring (bicyclic) bond motifs is 1. The number of amides is 1. The van der Waals surface area contributed by atoms with Crippen molar-refractivity contribution < 1.29 is 38.4 Å². The Morgan fingerprint density at radius 3 is 2.74 bits per heavy atom. The first-order valence-corrected chi connectivity index (χ1v) is 14.2. The van der Waals surface area contributed by atoms with Gasteiger partial charge in [0.2, 0.25) is 0 Å². The second-order valence-electron chi connectivity index (χ2n) is 9.77. The maximum Gasteiger partial charge on any atom is 0.350 e. The van der Waals surface area contributed by atoms with Gasteiger partial charge in [0.05, 0.1) is 31.0 Å². The number of ether oxygens (including phenoxy) is 4. The van der Waals surface area contributed by atoms with Gasteiger partial charge < -0.3 is 24.1 Å². The van der Waals surface area contributed by atoms with E-state index in [0.29, 0.717) is 47.1 Å². The lowest BCUT2D eigenvalue weighted by atomic mass is 9.94. The number of ketones is 1. The van der Waals surface area contributed by atoms with Crippen LogP contribution in [0.1, 0.15) is 51.9 Å². The molecule has 0 saturated carbocycles. The largest absolute Gasteiger partial charge is 0.507 e. The van der Waals surface area contributed by atoms with Gasteiger partial charge in [0.25, 0.3) is 5.78 Å². The highest BCUT2D eigenvalue weighted by atomic mass is 32.1. The molecular weight excluding hydrogens is 560 g/mol. The Balaban J connectivity index is 1.67. The van der Waals surface area contributed by atoms with Crippen LogP contribution < -0.4 is 19.1 Å². The monoisotopic (exact) mass is 590 g/mol. The van der Waals surface area contributed by atoms with E-state index in [1.165, 1.54) is 18.1 Å². The van der Waals surface area contributed by atoms with Crippen molar-refractivity contribution in [2.45, 2.75) is 39.3 Å². The Morgan fingerprint density at radius 2 is 2.02 bits per heavy atom. The van der Waals surface area contributed by atoms with E-state index in [4.69, 9.17) is 18.9 Å². The lowest BCUT2D eigenvalue weighted by Crippen LogP contribution is -2.29. The molecule has 0 aliphatic carbocycles. The molecule has 2 aliphatic rings. The molecule has 2 aromatic carbocycles. The molecule has 5 rings (SSSR count). The molecule has 2 atom stereocenters. The highest BCUT2D eigenvalue weighted by Gasteiger charge is 2.48. The van der Waals surface area contributed by atoms with Gasteiger partial charge in [0.1, 0.15) is 29.1 Å². The number of carbonyl (C=O) groups is 3. The predicted octanol–water partition coefficient (Wildman–Crippen LogP) is 5.15. The maximum absolute atomic E-state index is 13.6. The fourth-order valence-corrected chi connectivity index (χ4v) is 6.06. The number of hydrogen-bond acceptors (Lipinski definition) is 10. The molecule has 2 aliphatic heterocycles. The third-order valence-electron chi connectivity index (χ3n) is 6.93. The molecule has 1 N–H and O–H groups in total. The Hall–Kier alpha value is -4.64. The normalized spacial score (nSPS) is 18.9. The van der Waals surface area contributed by atoms with E-state index >= 15 is 0 Å². The molecule has 3 aromatic rings. The van der Waals surface area contributed by atoms with Crippen molar-refractivity contribution in [3.63, 3.8) is 0 Å². The van der Waals surface area contributed by atoms with Gasteiger partial charge in [-0.2, -0.15) is 0 Å². The molecular formula is C31H30N2O8S. The zero-order valence-electron chi connectivity index (χ0n) is 23.6. The van der Waals surface area contributed by atoms with Crippen LogP contribution in [-0.2, 0) is 20.7 Å². The number of aliphatic hydroxyl groups excluding tert-OH is 1. The van der Waals surface area contributed by atoms with Crippen LogP contribution in [0, 0.1) is 6.92 Å². The third kappa shape index (κ3) is 5.11. The van der Waals surface area contributed by atoms with E-state index in [2.05, 4.69) is 11.6 Å². The Kier molecular flexibility index (Phi) is 8.04. The van der Waals surface area contributed by atoms with E-state index in [0.717, 1.165) is 16.9 Å². The first kappa shape index (κ1) is 28.9. The van der Waals surface area contributed by atoms with Gasteiger partial charge in [-0.3, -0.25) is 14.5 Å². The van der Waals surface area contributed by atoms with Crippen LogP contribution in [0.2, 0.25) is 0 Å². The van der Waals surface area contributed by atoms with Crippen molar-refractivity contribution in [1.29, 1.82) is 0 Å². The first-order valence-electron chi connectivity index (χ1n) is 13.4. The third-order valence-corrected chi connectivity index (χ3v) is 8.06. The standard InChI is InChI=1S/C31H30N2O8S/c1-6-12-40-30(37)28-17(4)32-31(42-28)33-25(18-8-11-22(39-7-2)23(15-18)38-5)24(27(35)29(33)36)26(34)19-9-10-21-20(14-19)13-16(3)41-21/h6,8-11,14-16,25,34H,1,7,12-13H2,2-5H3. The molecule has 3 heterocycles. The summed E-state index contributed by atoms with van der Waals surface area (Å²) < 4.78 is 22.2. The van der Waals surface area contributed by atoms with Gasteiger partial charge in [-0.05, 0) is 62.2 Å². The summed E-state index contributed by atoms with van der Waals surface area (Å²) in [6, 6.07) is 9.10. The summed E-state index contributed by atoms with van der Waals surface area (Å²) in [6.07, 6.45) is 2.08. The Morgan fingerprint density at radius 1 is 1.24 bits per heavy atom. The van der Waals surface area contributed by atoms with Crippen LogP contribution >= 0.6 is 11.3 Å². The number of rotatable bonds is 9. The summed E-state index contributed by atoms with van der Waals surface area (Å²) in [5.74, 6) is -1.18. The molecule has 1 amide bonds. The zero-order valence-corrected chi connectivity index (χ0v) is 24.4.